The van der Waals surface area contributed by atoms with Crippen LogP contribution in [0.15, 0.2) is 30.3 Å². The summed E-state index contributed by atoms with van der Waals surface area (Å²) < 4.78 is 15.0. The van der Waals surface area contributed by atoms with E-state index >= 15 is 0 Å². The quantitative estimate of drug-likeness (QED) is 0.618. The molecule has 0 N–H and O–H groups in total. The molecule has 2 atom stereocenters. The molecule has 0 aromatic heterocycles. The maximum atomic E-state index is 12.1. The summed E-state index contributed by atoms with van der Waals surface area (Å²) in [6.07, 6.45) is -1.50. The van der Waals surface area contributed by atoms with Crippen LogP contribution in [0.25, 0.3) is 0 Å². The molecule has 7 heteroatoms. The Morgan fingerprint density at radius 2 is 2.05 bits per heavy atom. The van der Waals surface area contributed by atoms with Gasteiger partial charge in [-0.2, -0.15) is 0 Å². The molecule has 1 heterocycles. The average Bonchev–Trinajstić information content (AvgIpc) is 2.87. The fourth-order valence-electron chi connectivity index (χ4n) is 2.17. The van der Waals surface area contributed by atoms with E-state index in [0.29, 0.717) is 0 Å². The van der Waals surface area contributed by atoms with Gasteiger partial charge >= 0.3 is 18.0 Å². The number of ether oxygens (including phenoxy) is 3. The van der Waals surface area contributed by atoms with Gasteiger partial charge in [-0.05, 0) is 12.5 Å². The second-order valence-electron chi connectivity index (χ2n) is 4.86. The summed E-state index contributed by atoms with van der Waals surface area (Å²) in [4.78, 5) is 35.9. The van der Waals surface area contributed by atoms with Crippen molar-refractivity contribution in [1.82, 2.24) is 4.90 Å². The maximum absolute atomic E-state index is 12.1. The highest BCUT2D eigenvalue weighted by atomic mass is 16.6. The number of amides is 1. The first kappa shape index (κ1) is 15.8. The van der Waals surface area contributed by atoms with Crippen LogP contribution >= 0.6 is 0 Å². The molecule has 1 amide bonds. The van der Waals surface area contributed by atoms with Crippen LogP contribution in [-0.2, 0) is 30.4 Å². The summed E-state index contributed by atoms with van der Waals surface area (Å²) in [5.74, 6) is -1.16. The van der Waals surface area contributed by atoms with Gasteiger partial charge in [0.25, 0.3) is 0 Å². The van der Waals surface area contributed by atoms with Gasteiger partial charge in [-0.15, -0.1) is 0 Å². The van der Waals surface area contributed by atoms with Crippen LogP contribution in [0.2, 0.25) is 0 Å². The van der Waals surface area contributed by atoms with Crippen LogP contribution in [0.4, 0.5) is 4.79 Å². The monoisotopic (exact) mass is 307 g/mol. The molecule has 1 aliphatic rings. The Balaban J connectivity index is 1.98. The molecule has 1 saturated heterocycles. The topological polar surface area (TPSA) is 82.1 Å². The van der Waals surface area contributed by atoms with Crippen molar-refractivity contribution in [2.45, 2.75) is 32.6 Å². The number of rotatable bonds is 4. The Kier molecular flexibility index (Phi) is 4.98. The third-order valence-corrected chi connectivity index (χ3v) is 3.16. The third kappa shape index (κ3) is 3.75. The van der Waals surface area contributed by atoms with E-state index in [9.17, 15) is 14.4 Å². The van der Waals surface area contributed by atoms with Crippen molar-refractivity contribution >= 4 is 18.0 Å². The van der Waals surface area contributed by atoms with E-state index in [-0.39, 0.29) is 13.3 Å². The van der Waals surface area contributed by atoms with E-state index in [2.05, 4.69) is 0 Å². The first-order valence-corrected chi connectivity index (χ1v) is 6.80. The molecule has 1 aliphatic heterocycles. The molecule has 0 saturated carbocycles. The smallest absolute Gasteiger partial charge is 0.413 e. The van der Waals surface area contributed by atoms with E-state index in [4.69, 9.17) is 14.2 Å². The highest BCUT2D eigenvalue weighted by Gasteiger charge is 2.43. The van der Waals surface area contributed by atoms with Gasteiger partial charge in [-0.3, -0.25) is 9.69 Å². The predicted molar refractivity (Wildman–Crippen MR) is 74.4 cm³/mol. The Labute approximate surface area is 127 Å². The third-order valence-electron chi connectivity index (χ3n) is 3.16. The number of hydrogen-bond donors (Lipinski definition) is 0. The molecule has 0 aliphatic carbocycles. The first-order chi connectivity index (χ1) is 10.5. The summed E-state index contributed by atoms with van der Waals surface area (Å²) >= 11 is 0. The van der Waals surface area contributed by atoms with Crippen molar-refractivity contribution in [3.05, 3.63) is 35.9 Å². The van der Waals surface area contributed by atoms with E-state index < -0.39 is 30.2 Å². The van der Waals surface area contributed by atoms with Crippen LogP contribution in [0, 0.1) is 0 Å². The zero-order valence-corrected chi connectivity index (χ0v) is 12.4. The van der Waals surface area contributed by atoms with Gasteiger partial charge in [0.05, 0.1) is 0 Å². The van der Waals surface area contributed by atoms with Gasteiger partial charge in [0.1, 0.15) is 12.7 Å². The number of cyclic esters (lactones) is 1. The fraction of sp³-hybridized carbons (Fsp3) is 0.400. The Bertz CT molecular complexity index is 558. The molecular formula is C15H17NO6. The van der Waals surface area contributed by atoms with Gasteiger partial charge in [0.2, 0.25) is 0 Å². The minimum absolute atomic E-state index is 0.0824. The van der Waals surface area contributed by atoms with Gasteiger partial charge < -0.3 is 14.2 Å². The predicted octanol–water partition coefficient (Wildman–Crippen LogP) is 1.46. The van der Waals surface area contributed by atoms with E-state index in [1.54, 1.807) is 0 Å². The van der Waals surface area contributed by atoms with E-state index in [1.807, 2.05) is 30.3 Å². The van der Waals surface area contributed by atoms with Crippen molar-refractivity contribution in [2.24, 2.45) is 0 Å². The molecule has 1 aromatic carbocycles. The van der Waals surface area contributed by atoms with E-state index in [1.165, 1.54) is 13.8 Å². The molecule has 0 bridgehead atoms. The molecule has 1 fully saturated rings. The van der Waals surface area contributed by atoms with Crippen LogP contribution in [0.3, 0.4) is 0 Å². The number of hydrogen-bond acceptors (Lipinski definition) is 6. The maximum Gasteiger partial charge on any atom is 0.413 e. The largest absolute Gasteiger partial charge is 0.460 e. The van der Waals surface area contributed by atoms with Crippen molar-refractivity contribution in [3.8, 4) is 0 Å². The van der Waals surface area contributed by atoms with Crippen molar-refractivity contribution in [1.29, 1.82) is 0 Å². The lowest BCUT2D eigenvalue weighted by atomic mass is 10.2. The number of carbonyl (C=O) groups excluding carboxylic acids is 3. The summed E-state index contributed by atoms with van der Waals surface area (Å²) in [6.45, 7) is 2.62. The van der Waals surface area contributed by atoms with Gasteiger partial charge in [-0.25, -0.2) is 9.59 Å². The van der Waals surface area contributed by atoms with Gasteiger partial charge in [-0.1, -0.05) is 30.3 Å². The molecule has 0 radical (unpaired) electrons. The summed E-state index contributed by atoms with van der Waals surface area (Å²) in [5.41, 5.74) is 0.826. The number of carbonyl (C=O) groups is 3. The van der Waals surface area contributed by atoms with Crippen molar-refractivity contribution in [3.63, 3.8) is 0 Å². The zero-order valence-electron chi connectivity index (χ0n) is 12.4. The van der Waals surface area contributed by atoms with Crippen molar-refractivity contribution < 1.29 is 28.6 Å². The normalized spacial score (nSPS) is 18.5. The number of benzene rings is 1. The van der Waals surface area contributed by atoms with Crippen molar-refractivity contribution in [2.75, 3.05) is 6.73 Å². The Morgan fingerprint density at radius 1 is 1.36 bits per heavy atom. The second-order valence-corrected chi connectivity index (χ2v) is 4.86. The number of esters is 2. The van der Waals surface area contributed by atoms with Gasteiger partial charge in [0.15, 0.2) is 12.8 Å². The molecular weight excluding hydrogens is 290 g/mol. The lowest BCUT2D eigenvalue weighted by Gasteiger charge is -2.24. The number of nitrogens with zero attached hydrogens (tertiary/aromatic N) is 1. The second kappa shape index (κ2) is 6.93. The lowest BCUT2D eigenvalue weighted by Crippen LogP contribution is -2.46. The highest BCUT2D eigenvalue weighted by Crippen LogP contribution is 2.19. The molecule has 0 spiro atoms. The van der Waals surface area contributed by atoms with Gasteiger partial charge in [0, 0.05) is 6.92 Å². The van der Waals surface area contributed by atoms with E-state index in [0.717, 1.165) is 10.5 Å². The molecule has 2 rings (SSSR count). The first-order valence-electron chi connectivity index (χ1n) is 6.80. The SMILES string of the molecule is CC(=O)O[C@@H](C)[C@H]1C(=O)OCN1C(=O)OCc1ccccc1. The standard InChI is InChI=1S/C15H17NO6/c1-10(22-11(2)17)13-14(18)21-9-16(13)15(19)20-8-12-6-4-3-5-7-12/h3-7,10,13H,8-9H2,1-2H3/t10-,13-/m0/s1. The molecule has 0 unspecified atom stereocenters. The summed E-state index contributed by atoms with van der Waals surface area (Å²) in [7, 11) is 0. The Hall–Kier alpha value is -2.57. The minimum Gasteiger partial charge on any atom is -0.460 e. The van der Waals surface area contributed by atoms with Crippen LogP contribution in [0.5, 0.6) is 0 Å². The summed E-state index contributed by atoms with van der Waals surface area (Å²) in [5, 5.41) is 0. The van der Waals surface area contributed by atoms with Crippen LogP contribution in [-0.4, -0.2) is 41.8 Å². The summed E-state index contributed by atoms with van der Waals surface area (Å²) in [6, 6.07) is 8.16. The zero-order chi connectivity index (χ0) is 16.1. The Morgan fingerprint density at radius 3 is 2.68 bits per heavy atom. The van der Waals surface area contributed by atoms with Crippen LogP contribution in [0.1, 0.15) is 19.4 Å². The van der Waals surface area contributed by atoms with Crippen LogP contribution < -0.4 is 0 Å². The molecule has 1 aromatic rings. The minimum atomic E-state index is -0.993. The fourth-order valence-corrected chi connectivity index (χ4v) is 2.17. The average molecular weight is 307 g/mol. The molecule has 22 heavy (non-hydrogen) atoms. The lowest BCUT2D eigenvalue weighted by molar-refractivity contribution is -0.151. The molecule has 7 nitrogen and oxygen atoms in total. The molecule has 118 valence electrons. The highest BCUT2D eigenvalue weighted by molar-refractivity contribution is 5.84.